The molecule has 0 aliphatic carbocycles. The molecule has 10 atom stereocenters. The van der Waals surface area contributed by atoms with Crippen molar-refractivity contribution in [3.8, 4) is 23.7 Å². The number of benzene rings is 2. The lowest BCUT2D eigenvalue weighted by Crippen LogP contribution is -2.58. The molecule has 0 bridgehead atoms. The standard InChI is InChI=1S/C37H46N2O10/c1-37(2,3)38-14-12-22(13-15-38)39-25-16-20(6-10-27-31(42)35(46)33(44)29(18-40)48-27)4-8-23(25)24-9-5-21(17-26(24)39)7-11-28-32(43)36(47)34(45)30(19-41)49-28/h4-5,8-9,16-17,22,27-36,40-47H,12-15,18-19H2,1-3H3/t27-,28-,29-,30-,31-,32-,33-,34-,35-,36-/m1/s1. The highest BCUT2D eigenvalue weighted by molar-refractivity contribution is 6.08. The summed E-state index contributed by atoms with van der Waals surface area (Å²) in [6.07, 6.45) is -11.3. The number of ether oxygens (including phenoxy) is 2. The van der Waals surface area contributed by atoms with Gasteiger partial charge in [0, 0.05) is 46.6 Å². The van der Waals surface area contributed by atoms with Gasteiger partial charge in [-0.15, -0.1) is 0 Å². The summed E-state index contributed by atoms with van der Waals surface area (Å²) in [5.41, 5.74) is 3.28. The number of fused-ring (bicyclic) bond motifs is 3. The van der Waals surface area contributed by atoms with Gasteiger partial charge >= 0.3 is 0 Å². The summed E-state index contributed by atoms with van der Waals surface area (Å²) >= 11 is 0. The van der Waals surface area contributed by atoms with Gasteiger partial charge in [-0.1, -0.05) is 35.8 Å². The highest BCUT2D eigenvalue weighted by Crippen LogP contribution is 2.37. The van der Waals surface area contributed by atoms with Crippen LogP contribution in [0.2, 0.25) is 0 Å². The van der Waals surface area contributed by atoms with Crippen LogP contribution in [0.25, 0.3) is 21.8 Å². The quantitative estimate of drug-likeness (QED) is 0.169. The van der Waals surface area contributed by atoms with E-state index in [9.17, 15) is 40.9 Å². The van der Waals surface area contributed by atoms with Gasteiger partial charge in [-0.3, -0.25) is 4.90 Å². The third-order valence-corrected chi connectivity index (χ3v) is 10.1. The lowest BCUT2D eigenvalue weighted by atomic mass is 9.95. The van der Waals surface area contributed by atoms with Crippen LogP contribution in [0.4, 0.5) is 0 Å². The Kier molecular flexibility index (Phi) is 10.4. The predicted molar refractivity (Wildman–Crippen MR) is 180 cm³/mol. The van der Waals surface area contributed by atoms with E-state index in [1.165, 1.54) is 0 Å². The molecule has 3 saturated heterocycles. The summed E-state index contributed by atoms with van der Waals surface area (Å²) in [5.74, 6) is 11.9. The number of piperidine rings is 1. The number of likely N-dealkylation sites (tertiary alicyclic amines) is 1. The molecule has 49 heavy (non-hydrogen) atoms. The molecule has 12 heteroatoms. The minimum absolute atomic E-state index is 0.0478. The molecule has 3 aliphatic rings. The third kappa shape index (κ3) is 6.97. The summed E-state index contributed by atoms with van der Waals surface area (Å²) in [6.45, 7) is 7.43. The van der Waals surface area contributed by atoms with Crippen LogP contribution in [0.3, 0.4) is 0 Å². The Hall–Kier alpha value is -3.08. The van der Waals surface area contributed by atoms with E-state index in [1.54, 1.807) is 0 Å². The van der Waals surface area contributed by atoms with Gasteiger partial charge in [0.1, 0.15) is 61.0 Å². The van der Waals surface area contributed by atoms with Crippen molar-refractivity contribution in [3.05, 3.63) is 47.5 Å². The van der Waals surface area contributed by atoms with Crippen molar-refractivity contribution in [2.24, 2.45) is 0 Å². The van der Waals surface area contributed by atoms with E-state index in [0.717, 1.165) is 47.7 Å². The number of hydrogen-bond donors (Lipinski definition) is 8. The van der Waals surface area contributed by atoms with E-state index in [-0.39, 0.29) is 11.6 Å². The lowest BCUT2D eigenvalue weighted by Gasteiger charge is -2.41. The Morgan fingerprint density at radius 1 is 0.653 bits per heavy atom. The highest BCUT2D eigenvalue weighted by atomic mass is 16.5. The van der Waals surface area contributed by atoms with Gasteiger partial charge < -0.3 is 54.9 Å². The third-order valence-electron chi connectivity index (χ3n) is 10.1. The molecule has 0 radical (unpaired) electrons. The maximum Gasteiger partial charge on any atom is 0.147 e. The SMILES string of the molecule is CC(C)(C)N1CCC(n2c3cc(C#C[C@H]4O[C@H](CO)[C@@H](O)[C@H](O)[C@@H]4O)ccc3c3ccc(C#C[C@H]4O[C@H](CO)[C@@H](O)[C@H](O)[C@@H]4O)cc32)CC1. The molecule has 6 rings (SSSR count). The predicted octanol–water partition coefficient (Wildman–Crippen LogP) is -0.382. The van der Waals surface area contributed by atoms with Crippen LogP contribution in [-0.2, 0) is 9.47 Å². The van der Waals surface area contributed by atoms with Crippen molar-refractivity contribution >= 4 is 21.8 Å². The minimum Gasteiger partial charge on any atom is -0.394 e. The summed E-state index contributed by atoms with van der Waals surface area (Å²) in [7, 11) is 0. The zero-order valence-electron chi connectivity index (χ0n) is 27.8. The van der Waals surface area contributed by atoms with Crippen LogP contribution < -0.4 is 0 Å². The van der Waals surface area contributed by atoms with E-state index in [2.05, 4.69) is 53.9 Å². The van der Waals surface area contributed by atoms with Crippen LogP contribution in [0.15, 0.2) is 36.4 Å². The summed E-state index contributed by atoms with van der Waals surface area (Å²) < 4.78 is 13.5. The smallest absolute Gasteiger partial charge is 0.147 e. The van der Waals surface area contributed by atoms with Crippen molar-refractivity contribution in [2.75, 3.05) is 26.3 Å². The Labute approximate surface area is 285 Å². The zero-order valence-corrected chi connectivity index (χ0v) is 27.8. The second kappa shape index (κ2) is 14.3. The number of aliphatic hydroxyl groups excluding tert-OH is 8. The Bertz CT molecular complexity index is 1660. The van der Waals surface area contributed by atoms with Crippen molar-refractivity contribution in [1.82, 2.24) is 9.47 Å². The molecule has 3 fully saturated rings. The molecular formula is C37H46N2O10. The van der Waals surface area contributed by atoms with Gasteiger partial charge in [-0.25, -0.2) is 0 Å². The van der Waals surface area contributed by atoms with Crippen molar-refractivity contribution in [3.63, 3.8) is 0 Å². The molecule has 0 unspecified atom stereocenters. The van der Waals surface area contributed by atoms with Crippen LogP contribution >= 0.6 is 0 Å². The first-order valence-corrected chi connectivity index (χ1v) is 16.8. The van der Waals surface area contributed by atoms with Gasteiger partial charge in [0.25, 0.3) is 0 Å². The van der Waals surface area contributed by atoms with E-state index in [4.69, 9.17) is 9.47 Å². The molecular weight excluding hydrogens is 632 g/mol. The van der Waals surface area contributed by atoms with Gasteiger partial charge in [-0.05, 0) is 57.9 Å². The second-order valence-corrected chi connectivity index (χ2v) is 14.3. The van der Waals surface area contributed by atoms with Gasteiger partial charge in [0.05, 0.1) is 24.2 Å². The average molecular weight is 679 g/mol. The summed E-state index contributed by atoms with van der Waals surface area (Å²) in [5, 5.41) is 82.8. The molecule has 0 spiro atoms. The van der Waals surface area contributed by atoms with Crippen LogP contribution in [0.1, 0.15) is 50.8 Å². The molecule has 12 nitrogen and oxygen atoms in total. The van der Waals surface area contributed by atoms with Crippen molar-refractivity contribution in [1.29, 1.82) is 0 Å². The van der Waals surface area contributed by atoms with E-state index < -0.39 is 74.3 Å². The summed E-state index contributed by atoms with van der Waals surface area (Å²) in [4.78, 5) is 2.48. The number of rotatable bonds is 3. The van der Waals surface area contributed by atoms with Crippen molar-refractivity contribution < 1.29 is 50.3 Å². The van der Waals surface area contributed by atoms with Gasteiger partial charge in [0.2, 0.25) is 0 Å². The first-order chi connectivity index (χ1) is 23.3. The molecule has 0 amide bonds. The van der Waals surface area contributed by atoms with Crippen LogP contribution in [-0.4, -0.2) is 143 Å². The zero-order chi connectivity index (χ0) is 35.2. The van der Waals surface area contributed by atoms with Crippen molar-refractivity contribution in [2.45, 2.75) is 106 Å². The monoisotopic (exact) mass is 678 g/mol. The van der Waals surface area contributed by atoms with Crippen LogP contribution in [0, 0.1) is 23.7 Å². The molecule has 3 aromatic rings. The fourth-order valence-corrected chi connectivity index (χ4v) is 7.14. The molecule has 264 valence electrons. The normalized spacial score (nSPS) is 33.2. The number of aliphatic hydroxyl groups is 8. The molecule has 3 aliphatic heterocycles. The Balaban J connectivity index is 1.38. The average Bonchev–Trinajstić information content (AvgIpc) is 3.41. The summed E-state index contributed by atoms with van der Waals surface area (Å²) in [6, 6.07) is 11.9. The number of nitrogens with zero attached hydrogens (tertiary/aromatic N) is 2. The van der Waals surface area contributed by atoms with E-state index in [0.29, 0.717) is 11.1 Å². The highest BCUT2D eigenvalue weighted by Gasteiger charge is 2.44. The first kappa shape index (κ1) is 35.7. The fourth-order valence-electron chi connectivity index (χ4n) is 7.14. The molecule has 2 aromatic carbocycles. The molecule has 8 N–H and O–H groups in total. The maximum absolute atomic E-state index is 10.5. The second-order valence-electron chi connectivity index (χ2n) is 14.3. The largest absolute Gasteiger partial charge is 0.394 e. The van der Waals surface area contributed by atoms with E-state index >= 15 is 0 Å². The molecule has 4 heterocycles. The minimum atomic E-state index is -1.51. The maximum atomic E-state index is 10.5. The van der Waals surface area contributed by atoms with Gasteiger partial charge in [0.15, 0.2) is 0 Å². The Morgan fingerprint density at radius 3 is 1.47 bits per heavy atom. The topological polar surface area (TPSA) is 188 Å². The first-order valence-electron chi connectivity index (χ1n) is 16.8. The Morgan fingerprint density at radius 2 is 1.08 bits per heavy atom. The van der Waals surface area contributed by atoms with E-state index in [1.807, 2.05) is 36.4 Å². The van der Waals surface area contributed by atoms with Gasteiger partial charge in [-0.2, -0.15) is 0 Å². The molecule has 1 aromatic heterocycles. The molecule has 0 saturated carbocycles. The number of aromatic nitrogens is 1. The lowest BCUT2D eigenvalue weighted by molar-refractivity contribution is -0.214. The van der Waals surface area contributed by atoms with Crippen LogP contribution in [0.5, 0.6) is 0 Å². The number of hydrogen-bond acceptors (Lipinski definition) is 11. The fraction of sp³-hybridized carbons (Fsp3) is 0.568.